The largest absolute Gasteiger partial charge is 0.508 e. The predicted octanol–water partition coefficient (Wildman–Crippen LogP) is 2.49. The van der Waals surface area contributed by atoms with Gasteiger partial charge in [0.2, 0.25) is 11.8 Å². The third-order valence-electron chi connectivity index (χ3n) is 6.67. The molecular formula is C23H32N2O4. The van der Waals surface area contributed by atoms with Crippen LogP contribution in [0.4, 0.5) is 0 Å². The summed E-state index contributed by atoms with van der Waals surface area (Å²) in [6.07, 6.45) is 5.56. The van der Waals surface area contributed by atoms with Gasteiger partial charge in [0.15, 0.2) is 0 Å². The molecular weight excluding hydrogens is 368 g/mol. The van der Waals surface area contributed by atoms with E-state index in [9.17, 15) is 14.7 Å². The van der Waals surface area contributed by atoms with Crippen LogP contribution in [0.1, 0.15) is 44.6 Å². The minimum Gasteiger partial charge on any atom is -0.508 e. The number of carbonyl (C=O) groups is 2. The lowest BCUT2D eigenvalue weighted by molar-refractivity contribution is -0.130. The van der Waals surface area contributed by atoms with Crippen molar-refractivity contribution < 1.29 is 19.4 Å². The van der Waals surface area contributed by atoms with Crippen LogP contribution in [0.5, 0.6) is 5.75 Å². The molecule has 6 nitrogen and oxygen atoms in total. The Morgan fingerprint density at radius 2 is 1.83 bits per heavy atom. The first-order valence-corrected chi connectivity index (χ1v) is 10.9. The standard InChI is InChI=1S/C23H32N2O4/c1-15(26)24-21-10-18-12-25(13-19(18)11-22(21)29-14-17-2-3-17)23(28)9-6-16-4-7-20(27)8-5-16/h4-5,7-8,17-19,21-22,27H,2-3,6,9-14H2,1H3,(H,24,26)/t18-,19+,21-,22-/m1/s1. The van der Waals surface area contributed by atoms with Gasteiger partial charge in [0.05, 0.1) is 12.1 Å². The summed E-state index contributed by atoms with van der Waals surface area (Å²) in [5, 5.41) is 12.5. The number of likely N-dealkylation sites (tertiary alicyclic amines) is 1. The Labute approximate surface area is 172 Å². The molecule has 0 bridgehead atoms. The number of benzene rings is 1. The van der Waals surface area contributed by atoms with Crippen molar-refractivity contribution in [2.45, 2.75) is 57.6 Å². The SMILES string of the molecule is CC(=O)N[C@@H]1C[C@@H]2CN(C(=O)CCc3ccc(O)cc3)C[C@@H]2C[C@H]1OCC1CC1. The quantitative estimate of drug-likeness (QED) is 0.737. The first-order valence-electron chi connectivity index (χ1n) is 10.9. The van der Waals surface area contributed by atoms with E-state index in [-0.39, 0.29) is 29.7 Å². The van der Waals surface area contributed by atoms with E-state index in [1.807, 2.05) is 17.0 Å². The molecule has 29 heavy (non-hydrogen) atoms. The maximum atomic E-state index is 12.8. The average Bonchev–Trinajstić information content (AvgIpc) is 3.43. The van der Waals surface area contributed by atoms with Gasteiger partial charge in [-0.1, -0.05) is 12.1 Å². The molecule has 2 aliphatic carbocycles. The average molecular weight is 401 g/mol. The van der Waals surface area contributed by atoms with Gasteiger partial charge in [-0.3, -0.25) is 9.59 Å². The number of amides is 2. The van der Waals surface area contributed by atoms with Crippen molar-refractivity contribution in [2.24, 2.45) is 17.8 Å². The maximum Gasteiger partial charge on any atom is 0.222 e. The monoisotopic (exact) mass is 400 g/mol. The number of aryl methyl sites for hydroxylation is 1. The van der Waals surface area contributed by atoms with Crippen LogP contribution in [0.2, 0.25) is 0 Å². The topological polar surface area (TPSA) is 78.9 Å². The van der Waals surface area contributed by atoms with Gasteiger partial charge in [0.25, 0.3) is 0 Å². The molecule has 3 aliphatic rings. The molecule has 0 unspecified atom stereocenters. The summed E-state index contributed by atoms with van der Waals surface area (Å²) in [6.45, 7) is 3.95. The van der Waals surface area contributed by atoms with Gasteiger partial charge in [-0.25, -0.2) is 0 Å². The molecule has 4 atom stereocenters. The van der Waals surface area contributed by atoms with Gasteiger partial charge in [-0.05, 0) is 67.6 Å². The second kappa shape index (κ2) is 8.74. The lowest BCUT2D eigenvalue weighted by Gasteiger charge is -2.38. The zero-order chi connectivity index (χ0) is 20.4. The molecule has 158 valence electrons. The Kier molecular flexibility index (Phi) is 6.09. The van der Waals surface area contributed by atoms with Crippen LogP contribution in [-0.4, -0.2) is 53.7 Å². The summed E-state index contributed by atoms with van der Waals surface area (Å²) in [4.78, 5) is 26.4. The Bertz CT molecular complexity index is 731. The number of carbonyl (C=O) groups excluding carboxylic acids is 2. The van der Waals surface area contributed by atoms with Crippen LogP contribution in [0.3, 0.4) is 0 Å². The highest BCUT2D eigenvalue weighted by Gasteiger charge is 2.44. The lowest BCUT2D eigenvalue weighted by Crippen LogP contribution is -2.50. The van der Waals surface area contributed by atoms with E-state index < -0.39 is 0 Å². The van der Waals surface area contributed by atoms with E-state index >= 15 is 0 Å². The minimum atomic E-state index is -0.00620. The van der Waals surface area contributed by atoms with Crippen molar-refractivity contribution in [3.8, 4) is 5.75 Å². The third kappa shape index (κ3) is 5.30. The second-order valence-electron chi connectivity index (χ2n) is 9.08. The molecule has 2 N–H and O–H groups in total. The molecule has 1 aliphatic heterocycles. The molecule has 0 spiro atoms. The second-order valence-corrected chi connectivity index (χ2v) is 9.08. The predicted molar refractivity (Wildman–Crippen MR) is 109 cm³/mol. The Balaban J connectivity index is 1.31. The highest BCUT2D eigenvalue weighted by Crippen LogP contribution is 2.39. The zero-order valence-electron chi connectivity index (χ0n) is 17.2. The van der Waals surface area contributed by atoms with E-state index in [1.165, 1.54) is 12.8 Å². The van der Waals surface area contributed by atoms with Crippen LogP contribution in [-0.2, 0) is 20.7 Å². The number of nitrogens with zero attached hydrogens (tertiary/aromatic N) is 1. The number of phenolic OH excluding ortho intramolecular Hbond substituents is 1. The smallest absolute Gasteiger partial charge is 0.222 e. The Morgan fingerprint density at radius 3 is 2.48 bits per heavy atom. The van der Waals surface area contributed by atoms with E-state index in [0.29, 0.717) is 30.6 Å². The molecule has 4 rings (SSSR count). The first-order chi connectivity index (χ1) is 14.0. The molecule has 0 radical (unpaired) electrons. The van der Waals surface area contributed by atoms with Crippen LogP contribution >= 0.6 is 0 Å². The van der Waals surface area contributed by atoms with Gasteiger partial charge in [-0.2, -0.15) is 0 Å². The van der Waals surface area contributed by atoms with Crippen LogP contribution < -0.4 is 5.32 Å². The fourth-order valence-corrected chi connectivity index (χ4v) is 4.83. The summed E-state index contributed by atoms with van der Waals surface area (Å²) >= 11 is 0. The number of hydrogen-bond donors (Lipinski definition) is 2. The molecule has 3 fully saturated rings. The number of hydrogen-bond acceptors (Lipinski definition) is 4. The van der Waals surface area contributed by atoms with Gasteiger partial charge < -0.3 is 20.1 Å². The number of aromatic hydroxyl groups is 1. The van der Waals surface area contributed by atoms with Gasteiger partial charge in [0, 0.05) is 33.0 Å². The lowest BCUT2D eigenvalue weighted by atomic mass is 9.77. The number of nitrogens with one attached hydrogen (secondary N) is 1. The maximum absolute atomic E-state index is 12.8. The molecule has 0 aromatic heterocycles. The summed E-state index contributed by atoms with van der Waals surface area (Å²) < 4.78 is 6.20. The fourth-order valence-electron chi connectivity index (χ4n) is 4.83. The summed E-state index contributed by atoms with van der Waals surface area (Å²) in [5.41, 5.74) is 1.06. The molecule has 1 heterocycles. The first kappa shape index (κ1) is 20.2. The summed E-state index contributed by atoms with van der Waals surface area (Å²) in [6, 6.07) is 7.11. The molecule has 1 saturated heterocycles. The summed E-state index contributed by atoms with van der Waals surface area (Å²) in [5.74, 6) is 2.03. The van der Waals surface area contributed by atoms with Gasteiger partial charge >= 0.3 is 0 Å². The van der Waals surface area contributed by atoms with E-state index in [0.717, 1.165) is 38.1 Å². The Hall–Kier alpha value is -2.08. The van der Waals surface area contributed by atoms with Crippen LogP contribution in [0, 0.1) is 17.8 Å². The van der Waals surface area contributed by atoms with Crippen LogP contribution in [0.25, 0.3) is 0 Å². The zero-order valence-corrected chi connectivity index (χ0v) is 17.2. The third-order valence-corrected chi connectivity index (χ3v) is 6.67. The molecule has 6 heteroatoms. The van der Waals surface area contributed by atoms with E-state index in [2.05, 4.69) is 5.32 Å². The molecule has 2 amide bonds. The molecule has 2 saturated carbocycles. The highest BCUT2D eigenvalue weighted by atomic mass is 16.5. The van der Waals surface area contributed by atoms with Crippen molar-refractivity contribution in [2.75, 3.05) is 19.7 Å². The summed E-state index contributed by atoms with van der Waals surface area (Å²) in [7, 11) is 0. The van der Waals surface area contributed by atoms with Crippen molar-refractivity contribution in [3.63, 3.8) is 0 Å². The number of rotatable bonds is 7. The van der Waals surface area contributed by atoms with Crippen molar-refractivity contribution in [1.82, 2.24) is 10.2 Å². The van der Waals surface area contributed by atoms with Crippen LogP contribution in [0.15, 0.2) is 24.3 Å². The number of phenols is 1. The fraction of sp³-hybridized carbons (Fsp3) is 0.652. The normalized spacial score (nSPS) is 28.8. The van der Waals surface area contributed by atoms with E-state index in [1.54, 1.807) is 19.1 Å². The highest BCUT2D eigenvalue weighted by molar-refractivity contribution is 5.77. The van der Waals surface area contributed by atoms with E-state index in [4.69, 9.17) is 4.74 Å². The van der Waals surface area contributed by atoms with Crippen molar-refractivity contribution in [1.29, 1.82) is 0 Å². The molecule has 1 aromatic carbocycles. The van der Waals surface area contributed by atoms with Gasteiger partial charge in [-0.15, -0.1) is 0 Å². The Morgan fingerprint density at radius 1 is 1.14 bits per heavy atom. The van der Waals surface area contributed by atoms with Crippen molar-refractivity contribution >= 4 is 11.8 Å². The van der Waals surface area contributed by atoms with Crippen molar-refractivity contribution in [3.05, 3.63) is 29.8 Å². The molecule has 1 aromatic rings. The minimum absolute atomic E-state index is 0.00620. The number of fused-ring (bicyclic) bond motifs is 1. The number of ether oxygens (including phenoxy) is 1. The van der Waals surface area contributed by atoms with Gasteiger partial charge in [0.1, 0.15) is 5.75 Å².